The molecule has 2 heterocycles. The molecule has 1 aliphatic heterocycles. The number of aryl methyl sites for hydroxylation is 2. The highest BCUT2D eigenvalue weighted by Gasteiger charge is 2.34. The summed E-state index contributed by atoms with van der Waals surface area (Å²) in [5.74, 6) is -1.35. The van der Waals surface area contributed by atoms with E-state index in [1.807, 2.05) is 0 Å². The van der Waals surface area contributed by atoms with Crippen molar-refractivity contribution in [3.8, 4) is 0 Å². The van der Waals surface area contributed by atoms with Gasteiger partial charge in [0.05, 0.1) is 18.4 Å². The monoisotopic (exact) mass is 558 g/mol. The van der Waals surface area contributed by atoms with E-state index in [1.165, 1.54) is 27.2 Å². The summed E-state index contributed by atoms with van der Waals surface area (Å²) < 4.78 is 63.4. The first-order valence-electron chi connectivity index (χ1n) is 11.3. The maximum Gasteiger partial charge on any atom is 0.248 e. The molecule has 194 valence electrons. The van der Waals surface area contributed by atoms with Gasteiger partial charge in [-0.1, -0.05) is 41.4 Å². The quantitative estimate of drug-likeness (QED) is 0.405. The van der Waals surface area contributed by atoms with Gasteiger partial charge in [-0.05, 0) is 36.8 Å². The number of ether oxygens (including phenoxy) is 1. The van der Waals surface area contributed by atoms with Crippen molar-refractivity contribution in [3.63, 3.8) is 0 Å². The number of sulfonamides is 1. The van der Waals surface area contributed by atoms with Gasteiger partial charge in [-0.2, -0.15) is 9.40 Å². The van der Waals surface area contributed by atoms with Gasteiger partial charge in [0.15, 0.2) is 0 Å². The molecule has 4 rings (SSSR count). The molecule has 36 heavy (non-hydrogen) atoms. The maximum atomic E-state index is 14.1. The van der Waals surface area contributed by atoms with Crippen LogP contribution in [0.3, 0.4) is 0 Å². The van der Waals surface area contributed by atoms with Gasteiger partial charge >= 0.3 is 0 Å². The Kier molecular flexibility index (Phi) is 8.33. The molecule has 1 saturated heterocycles. The molecule has 1 atom stereocenters. The Morgan fingerprint density at radius 1 is 1.03 bits per heavy atom. The van der Waals surface area contributed by atoms with E-state index in [2.05, 4.69) is 10.00 Å². The van der Waals surface area contributed by atoms with Gasteiger partial charge in [0.2, 0.25) is 10.0 Å². The van der Waals surface area contributed by atoms with E-state index in [0.29, 0.717) is 30.4 Å². The van der Waals surface area contributed by atoms with Crippen LogP contribution in [0.2, 0.25) is 10.2 Å². The molecule has 0 saturated carbocycles. The van der Waals surface area contributed by atoms with Crippen molar-refractivity contribution in [2.75, 3.05) is 32.7 Å². The molecule has 0 N–H and O–H groups in total. The average Bonchev–Trinajstić information content (AvgIpc) is 3.10. The molecule has 0 amide bonds. The van der Waals surface area contributed by atoms with Crippen molar-refractivity contribution in [2.24, 2.45) is 7.05 Å². The first-order valence-corrected chi connectivity index (χ1v) is 13.5. The summed E-state index contributed by atoms with van der Waals surface area (Å²) in [5.41, 5.74) is 1.00. The zero-order valence-electron chi connectivity index (χ0n) is 19.8. The third kappa shape index (κ3) is 5.74. The Morgan fingerprint density at radius 3 is 2.19 bits per heavy atom. The number of nitrogens with zero attached hydrogens (tertiary/aromatic N) is 4. The fourth-order valence-electron chi connectivity index (χ4n) is 4.21. The van der Waals surface area contributed by atoms with Crippen LogP contribution in [-0.2, 0) is 28.4 Å². The van der Waals surface area contributed by atoms with Gasteiger partial charge in [0, 0.05) is 50.4 Å². The molecule has 1 fully saturated rings. The van der Waals surface area contributed by atoms with Crippen molar-refractivity contribution in [3.05, 3.63) is 81.1 Å². The minimum atomic E-state index is -3.81. The standard InChI is InChI=1S/C24H26Cl2F2N4O3S/c1-16-23(24(26)30(2)29-16)36(33,34)32-12-10-31(11-13-32)14-22(17-6-8-18(25)9-7-17)35-15-19-20(27)4-3-5-21(19)28/h3-9,22H,10-15H2,1-2H3. The molecular weight excluding hydrogens is 533 g/mol. The highest BCUT2D eigenvalue weighted by Crippen LogP contribution is 2.29. The van der Waals surface area contributed by atoms with Crippen LogP contribution in [0.1, 0.15) is 22.9 Å². The molecule has 2 aromatic carbocycles. The fourth-order valence-corrected chi connectivity index (χ4v) is 6.46. The van der Waals surface area contributed by atoms with Crippen LogP contribution in [-0.4, -0.2) is 60.1 Å². The molecule has 1 aliphatic rings. The molecule has 1 unspecified atom stereocenters. The SMILES string of the molecule is Cc1nn(C)c(Cl)c1S(=O)(=O)N1CCN(CC(OCc2c(F)cccc2F)c2ccc(Cl)cc2)CC1. The summed E-state index contributed by atoms with van der Waals surface area (Å²) in [4.78, 5) is 2.08. The predicted octanol–water partition coefficient (Wildman–Crippen LogP) is 4.58. The average molecular weight is 559 g/mol. The smallest absolute Gasteiger partial charge is 0.248 e. The second kappa shape index (κ2) is 11.1. The first-order chi connectivity index (χ1) is 17.1. The van der Waals surface area contributed by atoms with Crippen LogP contribution < -0.4 is 0 Å². The largest absolute Gasteiger partial charge is 0.367 e. The molecule has 0 spiro atoms. The Bertz CT molecular complexity index is 1310. The van der Waals surface area contributed by atoms with E-state index < -0.39 is 27.8 Å². The summed E-state index contributed by atoms with van der Waals surface area (Å²) in [6.07, 6.45) is -0.514. The van der Waals surface area contributed by atoms with Crippen LogP contribution in [0.5, 0.6) is 0 Å². The van der Waals surface area contributed by atoms with E-state index in [-0.39, 0.29) is 35.3 Å². The van der Waals surface area contributed by atoms with Crippen molar-refractivity contribution in [1.29, 1.82) is 0 Å². The number of hydrogen-bond donors (Lipinski definition) is 0. The Morgan fingerprint density at radius 2 is 1.64 bits per heavy atom. The normalized spacial score (nSPS) is 16.4. The Labute approximate surface area is 219 Å². The molecule has 7 nitrogen and oxygen atoms in total. The lowest BCUT2D eigenvalue weighted by atomic mass is 10.1. The summed E-state index contributed by atoms with van der Waals surface area (Å²) in [6.45, 7) is 3.15. The van der Waals surface area contributed by atoms with E-state index in [1.54, 1.807) is 38.2 Å². The molecular formula is C24H26Cl2F2N4O3S. The minimum absolute atomic E-state index is 0.0226. The third-order valence-corrected chi connectivity index (χ3v) is 9.03. The highest BCUT2D eigenvalue weighted by atomic mass is 35.5. The first kappa shape index (κ1) is 27.0. The number of benzene rings is 2. The van der Waals surface area contributed by atoms with E-state index in [0.717, 1.165) is 5.56 Å². The lowest BCUT2D eigenvalue weighted by Gasteiger charge is -2.35. The maximum absolute atomic E-state index is 14.1. The van der Waals surface area contributed by atoms with Gasteiger partial charge in [-0.3, -0.25) is 9.58 Å². The second-order valence-corrected chi connectivity index (χ2v) is 11.3. The van der Waals surface area contributed by atoms with Crippen molar-refractivity contribution < 1.29 is 21.9 Å². The number of piperazine rings is 1. The predicted molar refractivity (Wildman–Crippen MR) is 133 cm³/mol. The topological polar surface area (TPSA) is 67.7 Å². The zero-order chi connectivity index (χ0) is 26.0. The zero-order valence-corrected chi connectivity index (χ0v) is 22.1. The molecule has 0 radical (unpaired) electrons. The Hall–Kier alpha value is -2.08. The molecule has 12 heteroatoms. The van der Waals surface area contributed by atoms with Gasteiger partial charge in [-0.15, -0.1) is 0 Å². The van der Waals surface area contributed by atoms with Crippen LogP contribution in [0.25, 0.3) is 0 Å². The second-order valence-electron chi connectivity index (χ2n) is 8.59. The Balaban J connectivity index is 1.46. The van der Waals surface area contributed by atoms with Gasteiger partial charge in [0.1, 0.15) is 21.7 Å². The number of rotatable bonds is 8. The van der Waals surface area contributed by atoms with Crippen molar-refractivity contribution in [1.82, 2.24) is 19.0 Å². The van der Waals surface area contributed by atoms with Crippen LogP contribution in [0.4, 0.5) is 8.78 Å². The fraction of sp³-hybridized carbons (Fsp3) is 0.375. The third-order valence-electron chi connectivity index (χ3n) is 6.19. The van der Waals surface area contributed by atoms with Crippen LogP contribution in [0, 0.1) is 18.6 Å². The van der Waals surface area contributed by atoms with Crippen molar-refractivity contribution in [2.45, 2.75) is 24.5 Å². The summed E-state index contributed by atoms with van der Waals surface area (Å²) in [6, 6.07) is 10.7. The number of aromatic nitrogens is 2. The number of hydrogen-bond acceptors (Lipinski definition) is 5. The molecule has 3 aromatic rings. The van der Waals surface area contributed by atoms with E-state index in [4.69, 9.17) is 27.9 Å². The van der Waals surface area contributed by atoms with Gasteiger partial charge < -0.3 is 4.74 Å². The minimum Gasteiger partial charge on any atom is -0.367 e. The summed E-state index contributed by atoms with van der Waals surface area (Å²) >= 11 is 12.2. The lowest BCUT2D eigenvalue weighted by molar-refractivity contribution is 0.00547. The van der Waals surface area contributed by atoms with E-state index >= 15 is 0 Å². The number of halogens is 4. The highest BCUT2D eigenvalue weighted by molar-refractivity contribution is 7.89. The van der Waals surface area contributed by atoms with Gasteiger partial charge in [-0.25, -0.2) is 17.2 Å². The molecule has 0 aliphatic carbocycles. The molecule has 1 aromatic heterocycles. The summed E-state index contributed by atoms with van der Waals surface area (Å²) in [5, 5.41) is 4.74. The lowest BCUT2D eigenvalue weighted by Crippen LogP contribution is -2.49. The van der Waals surface area contributed by atoms with Crippen molar-refractivity contribution >= 4 is 33.2 Å². The van der Waals surface area contributed by atoms with Gasteiger partial charge in [0.25, 0.3) is 0 Å². The van der Waals surface area contributed by atoms with E-state index in [9.17, 15) is 17.2 Å². The molecule has 0 bridgehead atoms. The van der Waals surface area contributed by atoms with Crippen LogP contribution >= 0.6 is 23.2 Å². The summed E-state index contributed by atoms with van der Waals surface area (Å²) in [7, 11) is -2.21. The van der Waals surface area contributed by atoms with Crippen LogP contribution in [0.15, 0.2) is 47.4 Å².